The van der Waals surface area contributed by atoms with E-state index in [2.05, 4.69) is 10.3 Å². The Kier molecular flexibility index (Phi) is 4.32. The van der Waals surface area contributed by atoms with Crippen LogP contribution in [0.25, 0.3) is 5.69 Å². The molecule has 0 unspecified atom stereocenters. The minimum absolute atomic E-state index is 0.0255. The van der Waals surface area contributed by atoms with Crippen LogP contribution in [0.4, 0.5) is 5.82 Å². The Morgan fingerprint density at radius 3 is 2.65 bits per heavy atom. The number of anilines is 1. The van der Waals surface area contributed by atoms with E-state index in [-0.39, 0.29) is 17.6 Å². The third-order valence-corrected chi connectivity index (χ3v) is 4.46. The highest BCUT2D eigenvalue weighted by molar-refractivity contribution is 5.92. The van der Waals surface area contributed by atoms with Crippen molar-refractivity contribution in [3.63, 3.8) is 0 Å². The van der Waals surface area contributed by atoms with Crippen molar-refractivity contribution in [2.75, 3.05) is 5.73 Å². The molecule has 0 amide bonds. The number of benzene rings is 1. The summed E-state index contributed by atoms with van der Waals surface area (Å²) in [4.78, 5) is 12.3. The molecule has 0 spiro atoms. The monoisotopic (exact) mass is 314 g/mol. The Balaban J connectivity index is 1.80. The van der Waals surface area contributed by atoms with Crippen LogP contribution in [0.2, 0.25) is 0 Å². The number of carbonyl (C=O) groups is 1. The third-order valence-electron chi connectivity index (χ3n) is 4.46. The smallest absolute Gasteiger partial charge is 0.363 e. The Bertz CT molecular complexity index is 717. The predicted molar refractivity (Wildman–Crippen MR) is 87.5 cm³/mol. The number of hydrogen-bond donors (Lipinski definition) is 1. The number of esters is 1. The van der Waals surface area contributed by atoms with E-state index in [0.717, 1.165) is 36.9 Å². The first-order valence-electron chi connectivity index (χ1n) is 8.06. The van der Waals surface area contributed by atoms with Crippen LogP contribution in [0.5, 0.6) is 0 Å². The lowest BCUT2D eigenvalue weighted by Crippen LogP contribution is -2.21. The van der Waals surface area contributed by atoms with Gasteiger partial charge in [0.2, 0.25) is 5.69 Å². The molecule has 1 aromatic carbocycles. The second kappa shape index (κ2) is 6.40. The Hall–Kier alpha value is -2.37. The summed E-state index contributed by atoms with van der Waals surface area (Å²) in [6, 6.07) is 5.87. The van der Waals surface area contributed by atoms with Crippen LogP contribution in [-0.2, 0) is 4.74 Å². The van der Waals surface area contributed by atoms with E-state index in [0.29, 0.717) is 0 Å². The van der Waals surface area contributed by atoms with Gasteiger partial charge in [-0.05, 0) is 62.8 Å². The van der Waals surface area contributed by atoms with Gasteiger partial charge in [-0.25, -0.2) is 4.79 Å². The van der Waals surface area contributed by atoms with Gasteiger partial charge in [-0.15, -0.1) is 5.10 Å². The molecule has 6 nitrogen and oxygen atoms in total. The maximum absolute atomic E-state index is 12.3. The highest BCUT2D eigenvalue weighted by Gasteiger charge is 2.24. The van der Waals surface area contributed by atoms with Gasteiger partial charge in [-0.2, -0.15) is 4.68 Å². The summed E-state index contributed by atoms with van der Waals surface area (Å²) in [7, 11) is 0. The molecule has 2 aromatic rings. The number of ether oxygens (including phenoxy) is 1. The lowest BCUT2D eigenvalue weighted by molar-refractivity contribution is 0.0205. The average molecular weight is 314 g/mol. The fourth-order valence-electron chi connectivity index (χ4n) is 2.87. The maximum Gasteiger partial charge on any atom is 0.363 e. The molecule has 1 saturated carbocycles. The first-order valence-corrected chi connectivity index (χ1v) is 8.06. The summed E-state index contributed by atoms with van der Waals surface area (Å²) in [5, 5.41) is 7.93. The van der Waals surface area contributed by atoms with Crippen molar-refractivity contribution in [3.8, 4) is 5.69 Å². The number of nitrogens with zero attached hydrogens (tertiary/aromatic N) is 3. The van der Waals surface area contributed by atoms with Crippen molar-refractivity contribution < 1.29 is 9.53 Å². The molecule has 0 bridgehead atoms. The molecule has 0 radical (unpaired) electrons. The van der Waals surface area contributed by atoms with Crippen LogP contribution < -0.4 is 5.73 Å². The van der Waals surface area contributed by atoms with Crippen LogP contribution in [0.1, 0.15) is 53.7 Å². The van der Waals surface area contributed by atoms with Crippen LogP contribution in [0.3, 0.4) is 0 Å². The number of aromatic nitrogens is 3. The minimum atomic E-state index is -0.482. The summed E-state index contributed by atoms with van der Waals surface area (Å²) in [5.74, 6) is -0.265. The van der Waals surface area contributed by atoms with E-state index in [1.54, 1.807) is 0 Å². The van der Waals surface area contributed by atoms with E-state index in [1.165, 1.54) is 16.7 Å². The fraction of sp³-hybridized carbons (Fsp3) is 0.471. The zero-order valence-electron chi connectivity index (χ0n) is 13.6. The molecule has 0 aliphatic heterocycles. The molecular weight excluding hydrogens is 292 g/mol. The lowest BCUT2D eigenvalue weighted by Gasteiger charge is -2.21. The first-order chi connectivity index (χ1) is 11.1. The second-order valence-electron chi connectivity index (χ2n) is 6.17. The van der Waals surface area contributed by atoms with Crippen LogP contribution in [0.15, 0.2) is 18.2 Å². The highest BCUT2D eigenvalue weighted by atomic mass is 16.5. The zero-order chi connectivity index (χ0) is 16.4. The van der Waals surface area contributed by atoms with Gasteiger partial charge >= 0.3 is 5.97 Å². The molecule has 1 fully saturated rings. The van der Waals surface area contributed by atoms with E-state index in [1.807, 2.05) is 32.0 Å². The quantitative estimate of drug-likeness (QED) is 0.881. The molecule has 0 atom stereocenters. The number of aryl methyl sites for hydroxylation is 2. The molecule has 122 valence electrons. The average Bonchev–Trinajstić information content (AvgIpc) is 2.93. The zero-order valence-corrected chi connectivity index (χ0v) is 13.6. The van der Waals surface area contributed by atoms with E-state index in [4.69, 9.17) is 10.5 Å². The predicted octanol–water partition coefficient (Wildman–Crippen LogP) is 2.96. The summed E-state index contributed by atoms with van der Waals surface area (Å²) in [6.07, 6.45) is 5.21. The molecule has 6 heteroatoms. The van der Waals surface area contributed by atoms with Gasteiger partial charge in [0.05, 0.1) is 5.69 Å². The van der Waals surface area contributed by atoms with Crippen molar-refractivity contribution in [2.45, 2.75) is 52.1 Å². The normalized spacial score (nSPS) is 15.6. The molecule has 1 heterocycles. The SMILES string of the molecule is Cc1ccc(-n2nnc(C(=O)OC3CCCCC3)c2N)cc1C. The Morgan fingerprint density at radius 2 is 1.96 bits per heavy atom. The number of nitrogens with two attached hydrogens (primary N) is 1. The molecule has 2 N–H and O–H groups in total. The van der Waals surface area contributed by atoms with Crippen molar-refractivity contribution in [2.24, 2.45) is 0 Å². The van der Waals surface area contributed by atoms with E-state index in [9.17, 15) is 4.79 Å². The number of carbonyl (C=O) groups excluding carboxylic acids is 1. The summed E-state index contributed by atoms with van der Waals surface area (Å²) < 4.78 is 6.99. The minimum Gasteiger partial charge on any atom is -0.458 e. The van der Waals surface area contributed by atoms with E-state index < -0.39 is 5.97 Å². The molecule has 0 saturated heterocycles. The van der Waals surface area contributed by atoms with Gasteiger partial charge in [0.25, 0.3) is 0 Å². The summed E-state index contributed by atoms with van der Waals surface area (Å²) in [5.41, 5.74) is 9.26. The van der Waals surface area contributed by atoms with Crippen molar-refractivity contribution in [1.82, 2.24) is 15.0 Å². The lowest BCUT2D eigenvalue weighted by atomic mass is 9.98. The van der Waals surface area contributed by atoms with Gasteiger partial charge in [0.15, 0.2) is 5.82 Å². The summed E-state index contributed by atoms with van der Waals surface area (Å²) in [6.45, 7) is 4.06. The number of nitrogen functional groups attached to an aromatic ring is 1. The van der Waals surface area contributed by atoms with Gasteiger partial charge in [0, 0.05) is 0 Å². The fourth-order valence-corrected chi connectivity index (χ4v) is 2.87. The van der Waals surface area contributed by atoms with Crippen LogP contribution in [0, 0.1) is 13.8 Å². The number of hydrogen-bond acceptors (Lipinski definition) is 5. The molecule has 23 heavy (non-hydrogen) atoms. The standard InChI is InChI=1S/C17H22N4O2/c1-11-8-9-13(10-12(11)2)21-16(18)15(19-20-21)17(22)23-14-6-4-3-5-7-14/h8-10,14H,3-7,18H2,1-2H3. The maximum atomic E-state index is 12.3. The third kappa shape index (κ3) is 3.21. The molecule has 1 aliphatic carbocycles. The van der Waals surface area contributed by atoms with Crippen molar-refractivity contribution in [1.29, 1.82) is 0 Å². The van der Waals surface area contributed by atoms with Crippen molar-refractivity contribution >= 4 is 11.8 Å². The Labute approximate surface area is 135 Å². The van der Waals surface area contributed by atoms with Crippen LogP contribution in [-0.4, -0.2) is 27.1 Å². The highest BCUT2D eigenvalue weighted by Crippen LogP contribution is 2.23. The van der Waals surface area contributed by atoms with Gasteiger partial charge in [-0.1, -0.05) is 17.7 Å². The summed E-state index contributed by atoms with van der Waals surface area (Å²) >= 11 is 0. The topological polar surface area (TPSA) is 83.0 Å². The van der Waals surface area contributed by atoms with Gasteiger partial charge < -0.3 is 10.5 Å². The van der Waals surface area contributed by atoms with Crippen molar-refractivity contribution in [3.05, 3.63) is 35.0 Å². The Morgan fingerprint density at radius 1 is 1.22 bits per heavy atom. The first kappa shape index (κ1) is 15.5. The van der Waals surface area contributed by atoms with Gasteiger partial charge in [-0.3, -0.25) is 0 Å². The second-order valence-corrected chi connectivity index (χ2v) is 6.17. The molecule has 3 rings (SSSR count). The van der Waals surface area contributed by atoms with Gasteiger partial charge in [0.1, 0.15) is 6.10 Å². The van der Waals surface area contributed by atoms with E-state index >= 15 is 0 Å². The molecule has 1 aliphatic rings. The molecule has 1 aromatic heterocycles. The largest absolute Gasteiger partial charge is 0.458 e. The number of rotatable bonds is 3. The van der Waals surface area contributed by atoms with Crippen LogP contribution >= 0.6 is 0 Å². The molecular formula is C17H22N4O2.